The number of carbonyl (C=O) groups is 4. The molecule has 11 nitrogen and oxygen atoms in total. The summed E-state index contributed by atoms with van der Waals surface area (Å²) >= 11 is 5.24. The van der Waals surface area contributed by atoms with Crippen LogP contribution in [0.15, 0.2) is 0 Å². The molecule has 1 heterocycles. The van der Waals surface area contributed by atoms with E-state index in [1.165, 1.54) is 27.7 Å². The minimum Gasteiger partial charge on any atom is -0.463 e. The molecule has 0 saturated carbocycles. The van der Waals surface area contributed by atoms with Crippen LogP contribution in [0.2, 0.25) is 0 Å². The number of hydrogen-bond acceptors (Lipinski definition) is 10. The Kier molecular flexibility index (Phi) is 10.5. The number of ether oxygens (including phenoxy) is 5. The lowest BCUT2D eigenvalue weighted by Crippen LogP contribution is -2.67. The molecule has 0 radical (unpaired) electrons. The molecule has 30 heavy (non-hydrogen) atoms. The summed E-state index contributed by atoms with van der Waals surface area (Å²) in [5.74, 6) is -2.62. The highest BCUT2D eigenvalue weighted by atomic mass is 32.1. The topological polar surface area (TPSA) is 138 Å². The summed E-state index contributed by atoms with van der Waals surface area (Å²) in [6.07, 6.45) is -3.87. The van der Waals surface area contributed by atoms with Gasteiger partial charge < -0.3 is 34.3 Å². The van der Waals surface area contributed by atoms with Crippen molar-refractivity contribution in [2.24, 2.45) is 0 Å². The molecule has 0 spiro atoms. The van der Waals surface area contributed by atoms with Crippen LogP contribution in [0.3, 0.4) is 0 Å². The maximum atomic E-state index is 11.8. The van der Waals surface area contributed by atoms with Gasteiger partial charge in [-0.05, 0) is 18.6 Å². The van der Waals surface area contributed by atoms with Crippen molar-refractivity contribution >= 4 is 41.2 Å². The van der Waals surface area contributed by atoms with E-state index >= 15 is 0 Å². The molecule has 0 aromatic carbocycles. The van der Waals surface area contributed by atoms with E-state index in [9.17, 15) is 19.2 Å². The predicted octanol–water partition coefficient (Wildman–Crippen LogP) is -0.0564. The van der Waals surface area contributed by atoms with E-state index in [-0.39, 0.29) is 11.7 Å². The summed E-state index contributed by atoms with van der Waals surface area (Å²) in [7, 11) is 0. The SMILES string of the molecule is CCCNC(=S)N[C@H]1[C@H](OC(C)=O)O[C@H](COC(C)=O)[C@@H](OC(C)=O)[C@@H]1OC(C)=O. The summed E-state index contributed by atoms with van der Waals surface area (Å²) in [5.41, 5.74) is 0. The highest BCUT2D eigenvalue weighted by molar-refractivity contribution is 7.80. The first kappa shape index (κ1) is 25.6. The summed E-state index contributed by atoms with van der Waals surface area (Å²) in [4.78, 5) is 46.3. The average Bonchev–Trinajstić information content (AvgIpc) is 2.62. The molecule has 0 aromatic heterocycles. The fourth-order valence-corrected chi connectivity index (χ4v) is 3.00. The zero-order valence-electron chi connectivity index (χ0n) is 17.6. The Balaban J connectivity index is 3.28. The molecule has 12 heteroatoms. The van der Waals surface area contributed by atoms with E-state index in [0.717, 1.165) is 6.42 Å². The first-order valence-corrected chi connectivity index (χ1v) is 9.80. The molecule has 1 fully saturated rings. The van der Waals surface area contributed by atoms with Gasteiger partial charge in [-0.15, -0.1) is 0 Å². The van der Waals surface area contributed by atoms with Gasteiger partial charge in [-0.1, -0.05) is 6.92 Å². The van der Waals surface area contributed by atoms with Crippen LogP contribution in [0.4, 0.5) is 0 Å². The van der Waals surface area contributed by atoms with Crippen molar-refractivity contribution in [3.05, 3.63) is 0 Å². The lowest BCUT2D eigenvalue weighted by molar-refractivity contribution is -0.269. The lowest BCUT2D eigenvalue weighted by Gasteiger charge is -2.44. The van der Waals surface area contributed by atoms with Gasteiger partial charge in [-0.2, -0.15) is 0 Å². The van der Waals surface area contributed by atoms with Crippen LogP contribution in [0.1, 0.15) is 41.0 Å². The number of rotatable bonds is 8. The Hall–Kier alpha value is -2.47. The van der Waals surface area contributed by atoms with Gasteiger partial charge in [0.25, 0.3) is 0 Å². The van der Waals surface area contributed by atoms with Gasteiger partial charge in [-0.3, -0.25) is 19.2 Å². The normalized spacial score (nSPS) is 25.4. The minimum atomic E-state index is -1.28. The Labute approximate surface area is 180 Å². The number of nitrogens with one attached hydrogen (secondary N) is 2. The van der Waals surface area contributed by atoms with Crippen molar-refractivity contribution in [2.75, 3.05) is 13.2 Å². The molecular weight excluding hydrogens is 420 g/mol. The monoisotopic (exact) mass is 448 g/mol. The number of thiocarbonyl (C=S) groups is 1. The van der Waals surface area contributed by atoms with Crippen molar-refractivity contribution in [2.45, 2.75) is 71.7 Å². The fourth-order valence-electron chi connectivity index (χ4n) is 2.76. The number of carbonyl (C=O) groups excluding carboxylic acids is 4. The van der Waals surface area contributed by atoms with Crippen molar-refractivity contribution in [1.29, 1.82) is 0 Å². The molecule has 0 amide bonds. The highest BCUT2D eigenvalue weighted by Crippen LogP contribution is 2.28. The van der Waals surface area contributed by atoms with Crippen LogP contribution in [-0.4, -0.2) is 72.8 Å². The van der Waals surface area contributed by atoms with Gasteiger partial charge in [0.2, 0.25) is 6.29 Å². The van der Waals surface area contributed by atoms with Crippen molar-refractivity contribution in [1.82, 2.24) is 10.6 Å². The predicted molar refractivity (Wildman–Crippen MR) is 106 cm³/mol. The van der Waals surface area contributed by atoms with Gasteiger partial charge in [-0.25, -0.2) is 0 Å². The van der Waals surface area contributed by atoms with Crippen molar-refractivity contribution in [3.8, 4) is 0 Å². The minimum absolute atomic E-state index is 0.194. The molecule has 1 saturated heterocycles. The van der Waals surface area contributed by atoms with E-state index in [0.29, 0.717) is 6.54 Å². The van der Waals surface area contributed by atoms with Gasteiger partial charge in [0.1, 0.15) is 18.8 Å². The summed E-state index contributed by atoms with van der Waals surface area (Å²) in [6, 6.07) is -1.01. The fraction of sp³-hybridized carbons (Fsp3) is 0.722. The highest BCUT2D eigenvalue weighted by Gasteiger charge is 2.52. The third-order valence-corrected chi connectivity index (χ3v) is 4.08. The Morgan fingerprint density at radius 2 is 1.47 bits per heavy atom. The van der Waals surface area contributed by atoms with Gasteiger partial charge in [0.05, 0.1) is 0 Å². The molecule has 5 atom stereocenters. The second kappa shape index (κ2) is 12.3. The Morgan fingerprint density at radius 1 is 0.900 bits per heavy atom. The van der Waals surface area contributed by atoms with E-state index in [4.69, 9.17) is 35.9 Å². The van der Waals surface area contributed by atoms with Gasteiger partial charge >= 0.3 is 23.9 Å². The zero-order valence-corrected chi connectivity index (χ0v) is 18.4. The smallest absolute Gasteiger partial charge is 0.305 e. The molecule has 170 valence electrons. The van der Waals surface area contributed by atoms with Crippen LogP contribution in [0.25, 0.3) is 0 Å². The Bertz CT molecular complexity index is 658. The lowest BCUT2D eigenvalue weighted by atomic mass is 9.96. The first-order valence-electron chi connectivity index (χ1n) is 9.40. The van der Waals surface area contributed by atoms with Crippen molar-refractivity contribution < 1.29 is 42.9 Å². The van der Waals surface area contributed by atoms with E-state index in [2.05, 4.69) is 10.6 Å². The van der Waals surface area contributed by atoms with E-state index in [1.54, 1.807) is 0 Å². The molecule has 1 aliphatic heterocycles. The largest absolute Gasteiger partial charge is 0.463 e. The first-order chi connectivity index (χ1) is 14.0. The quantitative estimate of drug-likeness (QED) is 0.292. The molecule has 0 bridgehead atoms. The van der Waals surface area contributed by atoms with Crippen LogP contribution >= 0.6 is 12.2 Å². The summed E-state index contributed by atoms with van der Waals surface area (Å²) < 4.78 is 26.7. The Morgan fingerprint density at radius 3 is 1.97 bits per heavy atom. The maximum absolute atomic E-state index is 11.8. The molecule has 2 N–H and O–H groups in total. The van der Waals surface area contributed by atoms with E-state index < -0.39 is 54.5 Å². The zero-order chi connectivity index (χ0) is 22.8. The second-order valence-electron chi connectivity index (χ2n) is 6.53. The van der Waals surface area contributed by atoms with Crippen LogP contribution in [0, 0.1) is 0 Å². The van der Waals surface area contributed by atoms with Gasteiger partial charge in [0, 0.05) is 34.2 Å². The van der Waals surface area contributed by atoms with Crippen LogP contribution in [-0.2, 0) is 42.9 Å². The van der Waals surface area contributed by atoms with Crippen LogP contribution in [0.5, 0.6) is 0 Å². The van der Waals surface area contributed by atoms with Crippen molar-refractivity contribution in [3.63, 3.8) is 0 Å². The molecular formula is C18H28N2O9S. The summed E-state index contributed by atoms with van der Waals surface area (Å²) in [6.45, 7) is 6.90. The second-order valence-corrected chi connectivity index (χ2v) is 6.94. The van der Waals surface area contributed by atoms with Crippen LogP contribution < -0.4 is 10.6 Å². The van der Waals surface area contributed by atoms with E-state index in [1.807, 2.05) is 6.92 Å². The standard InChI is InChI=1S/C18H28N2O9S/c1-6-7-19-18(30)20-14-16(27-11(4)23)15(26-10(3)22)13(8-25-9(2)21)29-17(14)28-12(5)24/h13-17H,6-8H2,1-5H3,(H2,19,20,30)/t13-,14-,15-,16-,17-/m1/s1. The molecule has 0 aromatic rings. The third kappa shape index (κ3) is 8.49. The molecule has 1 aliphatic rings. The summed E-state index contributed by atoms with van der Waals surface area (Å²) in [5, 5.41) is 6.03. The molecule has 0 unspecified atom stereocenters. The number of esters is 4. The molecule has 1 rings (SSSR count). The third-order valence-electron chi connectivity index (χ3n) is 3.82. The maximum Gasteiger partial charge on any atom is 0.305 e. The molecule has 0 aliphatic carbocycles. The van der Waals surface area contributed by atoms with Gasteiger partial charge in [0.15, 0.2) is 17.3 Å². The number of hydrogen-bond donors (Lipinski definition) is 2. The average molecular weight is 448 g/mol.